The zero-order valence-electron chi connectivity index (χ0n) is 28.1. The molecule has 49 heavy (non-hydrogen) atoms. The highest BCUT2D eigenvalue weighted by atomic mass is 79.9. The zero-order valence-corrected chi connectivity index (χ0v) is 30.7. The smallest absolute Gasteiger partial charge is 0.264 e. The second-order valence-corrected chi connectivity index (χ2v) is 18.6. The van der Waals surface area contributed by atoms with Gasteiger partial charge in [-0.15, -0.1) is 0 Å². The molecule has 2 saturated heterocycles. The Morgan fingerprint density at radius 3 is 2.57 bits per heavy atom. The second-order valence-electron chi connectivity index (χ2n) is 13.9. The van der Waals surface area contributed by atoms with Gasteiger partial charge < -0.3 is 34.4 Å². The van der Waals surface area contributed by atoms with Crippen LogP contribution in [0.15, 0.2) is 77.3 Å². The molecule has 9 nitrogen and oxygen atoms in total. The van der Waals surface area contributed by atoms with Crippen LogP contribution in [-0.4, -0.2) is 68.0 Å². The van der Waals surface area contributed by atoms with E-state index in [0.29, 0.717) is 23.5 Å². The molecule has 0 radical (unpaired) electrons. The Kier molecular flexibility index (Phi) is 10.4. The zero-order chi connectivity index (χ0) is 34.9. The van der Waals surface area contributed by atoms with Gasteiger partial charge in [0.15, 0.2) is 5.60 Å². The molecule has 3 aliphatic heterocycles. The first-order valence-corrected chi connectivity index (χ1v) is 20.7. The average Bonchev–Trinajstić information content (AvgIpc) is 3.76. The normalized spacial score (nSPS) is 24.8. The van der Waals surface area contributed by atoms with Gasteiger partial charge in [0.1, 0.15) is 0 Å². The molecule has 3 aromatic carbocycles. The van der Waals surface area contributed by atoms with E-state index in [1.54, 1.807) is 22.9 Å². The number of benzene rings is 3. The molecule has 1 spiro atoms. The van der Waals surface area contributed by atoms with Gasteiger partial charge in [0.2, 0.25) is 20.2 Å². The van der Waals surface area contributed by atoms with Gasteiger partial charge in [-0.2, -0.15) is 0 Å². The van der Waals surface area contributed by atoms with Crippen LogP contribution >= 0.6 is 15.9 Å². The van der Waals surface area contributed by atoms with Crippen molar-refractivity contribution >= 4 is 53.4 Å². The molecule has 0 unspecified atom stereocenters. The minimum atomic E-state index is -3.51. The van der Waals surface area contributed by atoms with Crippen LogP contribution in [0.2, 0.25) is 18.6 Å². The van der Waals surface area contributed by atoms with Crippen LogP contribution in [0.1, 0.15) is 42.9 Å². The fourth-order valence-corrected chi connectivity index (χ4v) is 10.8. The molecule has 2 fully saturated rings. The lowest BCUT2D eigenvalue weighted by molar-refractivity contribution is -0.150. The van der Waals surface area contributed by atoms with Gasteiger partial charge in [-0.05, 0) is 73.9 Å². The highest BCUT2D eigenvalue weighted by Crippen LogP contribution is 2.60. The SMILES string of the molecule is C[C@H]1[C@H]([Si](C)(C)F)[C@@H](CC(=O)N(CCO)Cc2ccccc2)O[C@]12C(=O)N(Cc1cccc(NC(=O)[C@H]3CCCN3)c1)c1ccc(Br)cc12. The summed E-state index contributed by atoms with van der Waals surface area (Å²) < 4.78 is 24.0. The fraction of sp³-hybridized carbons (Fsp3) is 0.432. The molecular weight excluding hydrogens is 707 g/mol. The van der Waals surface area contributed by atoms with Crippen LogP contribution in [-0.2, 0) is 37.8 Å². The van der Waals surface area contributed by atoms with Gasteiger partial charge in [0.25, 0.3) is 5.91 Å². The molecule has 5 atom stereocenters. The maximum Gasteiger partial charge on any atom is 0.264 e. The molecule has 6 rings (SSSR count). The van der Waals surface area contributed by atoms with E-state index in [4.69, 9.17) is 4.74 Å². The first-order chi connectivity index (χ1) is 23.4. The Morgan fingerprint density at radius 1 is 1.12 bits per heavy atom. The van der Waals surface area contributed by atoms with E-state index >= 15 is 4.11 Å². The molecule has 3 N–H and O–H groups in total. The van der Waals surface area contributed by atoms with Crippen molar-refractivity contribution in [1.82, 2.24) is 10.2 Å². The van der Waals surface area contributed by atoms with Crippen molar-refractivity contribution in [1.29, 1.82) is 0 Å². The highest BCUT2D eigenvalue weighted by molar-refractivity contribution is 9.10. The first-order valence-electron chi connectivity index (χ1n) is 17.0. The number of amides is 3. The number of ether oxygens (including phenoxy) is 1. The van der Waals surface area contributed by atoms with Crippen molar-refractivity contribution in [2.45, 2.75) is 75.7 Å². The van der Waals surface area contributed by atoms with Crippen molar-refractivity contribution in [3.8, 4) is 0 Å². The second kappa shape index (κ2) is 14.4. The van der Waals surface area contributed by atoms with Crippen molar-refractivity contribution in [2.24, 2.45) is 5.92 Å². The summed E-state index contributed by atoms with van der Waals surface area (Å²) in [5.41, 5.74) is 1.54. The van der Waals surface area contributed by atoms with E-state index in [1.165, 1.54) is 0 Å². The summed E-state index contributed by atoms with van der Waals surface area (Å²) in [5.74, 6) is -1.21. The lowest BCUT2D eigenvalue weighted by Crippen LogP contribution is -2.45. The summed E-state index contributed by atoms with van der Waals surface area (Å²) in [5, 5.41) is 16.0. The van der Waals surface area contributed by atoms with E-state index in [1.807, 2.05) is 79.7 Å². The number of fused-ring (bicyclic) bond motifs is 2. The quantitative estimate of drug-likeness (QED) is 0.167. The molecule has 3 aliphatic rings. The molecule has 3 amide bonds. The lowest BCUT2D eigenvalue weighted by Gasteiger charge is -2.31. The van der Waals surface area contributed by atoms with Crippen molar-refractivity contribution < 1.29 is 28.3 Å². The standard InChI is InChI=1S/C37H44BrFN4O5Si/c1-24-34(49(2,3)39)32(21-33(45)42(17-18-44)22-25-9-5-4-6-10-25)48-37(24)29-20-27(38)14-15-31(29)43(36(37)47)23-26-11-7-12-28(19-26)41-35(46)30-13-8-16-40-30/h4-7,9-12,14-15,19-20,24,30,32,34,40,44H,8,13,16-18,21-23H2,1-3H3,(H,41,46)/t24-,30+,32+,34-,37+/m0/s1. The number of nitrogens with one attached hydrogen (secondary N) is 2. The van der Waals surface area contributed by atoms with Gasteiger partial charge in [-0.25, -0.2) is 0 Å². The number of anilines is 2. The van der Waals surface area contributed by atoms with Crippen molar-refractivity contribution in [3.05, 3.63) is 94.0 Å². The van der Waals surface area contributed by atoms with Gasteiger partial charge in [0.05, 0.1) is 37.4 Å². The summed E-state index contributed by atoms with van der Waals surface area (Å²) in [6, 6.07) is 22.3. The largest absolute Gasteiger partial charge is 0.395 e. The van der Waals surface area contributed by atoms with Crippen LogP contribution in [0, 0.1) is 5.92 Å². The van der Waals surface area contributed by atoms with Crippen LogP contribution < -0.4 is 15.5 Å². The number of halogens is 2. The summed E-state index contributed by atoms with van der Waals surface area (Å²) in [6.45, 7) is 6.34. The van der Waals surface area contributed by atoms with Crippen molar-refractivity contribution in [2.75, 3.05) is 29.9 Å². The third-order valence-corrected chi connectivity index (χ3v) is 13.1. The van der Waals surface area contributed by atoms with Gasteiger partial charge in [0, 0.05) is 40.3 Å². The fourth-order valence-electron chi connectivity index (χ4n) is 7.96. The molecule has 3 aromatic rings. The number of hydrogen-bond donors (Lipinski definition) is 3. The number of hydrogen-bond acceptors (Lipinski definition) is 6. The summed E-state index contributed by atoms with van der Waals surface area (Å²) in [4.78, 5) is 44.7. The Morgan fingerprint density at radius 2 is 1.88 bits per heavy atom. The molecule has 260 valence electrons. The first kappa shape index (κ1) is 35.4. The van der Waals surface area contributed by atoms with E-state index in [2.05, 4.69) is 26.6 Å². The van der Waals surface area contributed by atoms with Gasteiger partial charge in [-0.1, -0.05) is 65.3 Å². The van der Waals surface area contributed by atoms with Gasteiger partial charge >= 0.3 is 0 Å². The number of nitrogens with zero attached hydrogens (tertiary/aromatic N) is 2. The summed E-state index contributed by atoms with van der Waals surface area (Å²) >= 11 is 3.58. The Balaban J connectivity index is 1.29. The lowest BCUT2D eigenvalue weighted by atomic mass is 9.82. The van der Waals surface area contributed by atoms with E-state index in [0.717, 1.165) is 35.0 Å². The predicted octanol–water partition coefficient (Wildman–Crippen LogP) is 5.87. The molecule has 0 aliphatic carbocycles. The highest BCUT2D eigenvalue weighted by Gasteiger charge is 2.67. The topological polar surface area (TPSA) is 111 Å². The Hall–Kier alpha value is -3.42. The number of aliphatic hydroxyl groups excluding tert-OH is 1. The van der Waals surface area contributed by atoms with Crippen LogP contribution in [0.4, 0.5) is 15.5 Å². The van der Waals surface area contributed by atoms with Crippen LogP contribution in [0.3, 0.4) is 0 Å². The van der Waals surface area contributed by atoms with E-state index < -0.39 is 31.6 Å². The van der Waals surface area contributed by atoms with Gasteiger partial charge in [-0.3, -0.25) is 14.4 Å². The monoisotopic (exact) mass is 750 g/mol. The van der Waals surface area contributed by atoms with E-state index in [9.17, 15) is 19.5 Å². The van der Waals surface area contributed by atoms with Crippen LogP contribution in [0.25, 0.3) is 0 Å². The Labute approximate surface area is 296 Å². The number of carbonyl (C=O) groups is 3. The minimum absolute atomic E-state index is 0.0832. The Bertz CT molecular complexity index is 1700. The number of carbonyl (C=O) groups excluding carboxylic acids is 3. The molecule has 0 bridgehead atoms. The molecule has 3 heterocycles. The van der Waals surface area contributed by atoms with Crippen LogP contribution in [0.5, 0.6) is 0 Å². The molecule has 0 saturated carbocycles. The predicted molar refractivity (Wildman–Crippen MR) is 193 cm³/mol. The molecular formula is C37H44BrFN4O5Si. The third kappa shape index (κ3) is 7.11. The minimum Gasteiger partial charge on any atom is -0.395 e. The summed E-state index contributed by atoms with van der Waals surface area (Å²) in [7, 11) is -3.51. The molecule has 12 heteroatoms. The van der Waals surface area contributed by atoms with E-state index in [-0.39, 0.29) is 49.9 Å². The third-order valence-electron chi connectivity index (χ3n) is 10.1. The summed E-state index contributed by atoms with van der Waals surface area (Å²) in [6.07, 6.45) is 0.793. The number of rotatable bonds is 11. The maximum absolute atomic E-state index is 16.4. The maximum atomic E-state index is 16.4. The molecule has 0 aromatic heterocycles. The average molecular weight is 752 g/mol. The van der Waals surface area contributed by atoms with Crippen molar-refractivity contribution in [3.63, 3.8) is 0 Å². The number of aliphatic hydroxyl groups is 1.